The topological polar surface area (TPSA) is 252 Å². The molecular formula is C53H66N8O10S. The van der Waals surface area contributed by atoms with Crippen molar-refractivity contribution in [2.75, 3.05) is 18.1 Å². The van der Waals surface area contributed by atoms with Crippen LogP contribution in [0.15, 0.2) is 72.2 Å². The summed E-state index contributed by atoms with van der Waals surface area (Å²) >= 11 is 1.55. The van der Waals surface area contributed by atoms with Crippen molar-refractivity contribution in [3.05, 3.63) is 100 Å². The third-order valence-electron chi connectivity index (χ3n) is 12.9. The second kappa shape index (κ2) is 22.3. The predicted molar refractivity (Wildman–Crippen MR) is 271 cm³/mol. The first-order valence-corrected chi connectivity index (χ1v) is 25.2. The van der Waals surface area contributed by atoms with Gasteiger partial charge in [-0.1, -0.05) is 75.4 Å². The summed E-state index contributed by atoms with van der Waals surface area (Å²) in [5, 5.41) is 22.2. The van der Waals surface area contributed by atoms with Crippen LogP contribution in [0.2, 0.25) is 0 Å². The van der Waals surface area contributed by atoms with Crippen LogP contribution in [0.1, 0.15) is 95.2 Å². The Bertz CT molecular complexity index is 2680. The van der Waals surface area contributed by atoms with Gasteiger partial charge >= 0.3 is 6.09 Å². The average Bonchev–Trinajstić information content (AvgIpc) is 4.02. The summed E-state index contributed by atoms with van der Waals surface area (Å²) in [6.07, 6.45) is -0.654. The van der Waals surface area contributed by atoms with Gasteiger partial charge in [0.25, 0.3) is 0 Å². The van der Waals surface area contributed by atoms with Crippen LogP contribution < -0.4 is 36.6 Å². The number of likely N-dealkylation sites (tertiary alicyclic amines) is 1. The van der Waals surface area contributed by atoms with Gasteiger partial charge in [0.2, 0.25) is 35.4 Å². The first-order chi connectivity index (χ1) is 34.0. The Labute approximate surface area is 423 Å². The summed E-state index contributed by atoms with van der Waals surface area (Å²) in [4.78, 5) is 103. The van der Waals surface area contributed by atoms with Crippen molar-refractivity contribution >= 4 is 58.6 Å². The molecule has 0 radical (unpaired) electrons. The standard InChI is InChI=1S/C53H66N8O10S/c1-30-45(72-29-56-30)34-16-14-31(15-17-34)26-55-47(65)40-25-37(62)27-60(40)50(68)46(52(2,3)4)59-43(64)23-32-10-8-13-38(22-32)70-28-36(19-21-42(54)63)57-48(66)41-24-35-12-9-11-33-18-20-39(49(67)61(41)44(33)35)58-51(69)71-53(5,6)7/h8-17,22,29,36-37,39-41,46,62H,18-21,23-28H2,1-7H3,(H2,54,63)(H,55,65)(H,57,66)(H,58,69)(H,59,64)/t36-,37+,39-,40-,41-,46+/m0/s1. The minimum Gasteiger partial charge on any atom is -0.491 e. The fraction of sp³-hybridized carbons (Fsp3) is 0.472. The van der Waals surface area contributed by atoms with Gasteiger partial charge in [-0.2, -0.15) is 0 Å². The number of benzene rings is 3. The Hall–Kier alpha value is -6.86. The zero-order chi connectivity index (χ0) is 52.1. The third kappa shape index (κ3) is 13.2. The molecule has 384 valence electrons. The molecule has 3 aromatic carbocycles. The molecule has 0 unspecified atom stereocenters. The van der Waals surface area contributed by atoms with Gasteiger partial charge in [0.05, 0.1) is 40.3 Å². The molecule has 72 heavy (non-hydrogen) atoms. The van der Waals surface area contributed by atoms with Gasteiger partial charge in [0, 0.05) is 32.4 Å². The molecule has 0 bridgehead atoms. The van der Waals surface area contributed by atoms with Gasteiger partial charge in [-0.3, -0.25) is 33.7 Å². The monoisotopic (exact) mass is 1010 g/mol. The maximum Gasteiger partial charge on any atom is 0.408 e. The highest BCUT2D eigenvalue weighted by atomic mass is 32.1. The lowest BCUT2D eigenvalue weighted by Crippen LogP contribution is -2.58. The number of nitrogens with zero attached hydrogens (tertiary/aromatic N) is 3. The van der Waals surface area contributed by atoms with Crippen LogP contribution in [0.25, 0.3) is 10.4 Å². The summed E-state index contributed by atoms with van der Waals surface area (Å²) in [6.45, 7) is 12.6. The van der Waals surface area contributed by atoms with Crippen molar-refractivity contribution in [1.82, 2.24) is 31.2 Å². The highest BCUT2D eigenvalue weighted by Gasteiger charge is 2.46. The number of hydrogen-bond acceptors (Lipinski definition) is 12. The van der Waals surface area contributed by atoms with Crippen molar-refractivity contribution in [2.24, 2.45) is 11.1 Å². The Morgan fingerprint density at radius 3 is 2.32 bits per heavy atom. The van der Waals surface area contributed by atoms with E-state index in [1.165, 1.54) is 9.80 Å². The molecule has 6 atom stereocenters. The molecule has 0 saturated carbocycles. The molecule has 0 spiro atoms. The number of para-hydroxylation sites is 1. The van der Waals surface area contributed by atoms with Gasteiger partial charge in [0.15, 0.2) is 0 Å². The summed E-state index contributed by atoms with van der Waals surface area (Å²) in [5.41, 5.74) is 11.5. The second-order valence-electron chi connectivity index (χ2n) is 20.9. The molecule has 18 nitrogen and oxygen atoms in total. The van der Waals surface area contributed by atoms with Crippen LogP contribution in [-0.4, -0.2) is 112 Å². The van der Waals surface area contributed by atoms with Crippen LogP contribution in [-0.2, 0) is 59.3 Å². The molecule has 3 aliphatic rings. The maximum atomic E-state index is 14.3. The van der Waals surface area contributed by atoms with Crippen LogP contribution in [0.5, 0.6) is 5.75 Å². The number of primary amides is 1. The lowest BCUT2D eigenvalue weighted by molar-refractivity contribution is -0.144. The highest BCUT2D eigenvalue weighted by molar-refractivity contribution is 7.13. The molecular weight excluding hydrogens is 941 g/mol. The predicted octanol–water partition coefficient (Wildman–Crippen LogP) is 4.40. The minimum absolute atomic E-state index is 0.0507. The molecule has 1 aromatic heterocycles. The van der Waals surface area contributed by atoms with E-state index in [0.29, 0.717) is 29.8 Å². The van der Waals surface area contributed by atoms with Gasteiger partial charge in [-0.05, 0) is 92.3 Å². The zero-order valence-corrected chi connectivity index (χ0v) is 42.7. The number of aromatic nitrogens is 1. The summed E-state index contributed by atoms with van der Waals surface area (Å²) in [6, 6.07) is 15.6. The number of hydrogen-bond donors (Lipinski definition) is 6. The number of amides is 7. The van der Waals surface area contributed by atoms with Gasteiger partial charge in [0.1, 0.15) is 42.1 Å². The van der Waals surface area contributed by atoms with Crippen LogP contribution in [0.3, 0.4) is 0 Å². The van der Waals surface area contributed by atoms with E-state index in [1.807, 2.05) is 70.2 Å². The molecule has 3 aliphatic heterocycles. The number of nitrogens with one attached hydrogen (secondary N) is 4. The molecule has 7 amide bonds. The van der Waals surface area contributed by atoms with E-state index >= 15 is 0 Å². The maximum absolute atomic E-state index is 14.3. The van der Waals surface area contributed by atoms with E-state index in [2.05, 4.69) is 26.3 Å². The number of anilines is 1. The van der Waals surface area contributed by atoms with E-state index in [0.717, 1.165) is 32.8 Å². The first kappa shape index (κ1) is 53.0. The first-order valence-electron chi connectivity index (χ1n) is 24.3. The minimum atomic E-state index is -1.04. The molecule has 0 aliphatic carbocycles. The number of aryl methyl sites for hydroxylation is 2. The number of carbonyl (C=O) groups excluding carboxylic acids is 7. The Balaban J connectivity index is 0.968. The van der Waals surface area contributed by atoms with E-state index in [4.69, 9.17) is 15.2 Å². The van der Waals surface area contributed by atoms with Crippen molar-refractivity contribution in [3.8, 4) is 16.2 Å². The quantitative estimate of drug-likeness (QED) is 0.0865. The molecule has 19 heteroatoms. The number of thiazole rings is 1. The average molecular weight is 1010 g/mol. The van der Waals surface area contributed by atoms with Gasteiger partial charge in [-0.15, -0.1) is 11.3 Å². The SMILES string of the molecule is Cc1ncsc1-c1ccc(CNC(=O)[C@@H]2C[C@@H](O)CN2C(=O)[C@@H](NC(=O)Cc2cccc(OC[C@H](CCC(N)=O)NC(=O)[C@@H]3Cc4cccc5c4N3C(=O)[C@@H](NC(=O)OC(C)(C)C)CC5)c2)C(C)(C)C)cc1. The normalized spacial score (nSPS) is 19.4. The fourth-order valence-electron chi connectivity index (χ4n) is 9.36. The van der Waals surface area contributed by atoms with E-state index in [9.17, 15) is 38.7 Å². The van der Waals surface area contributed by atoms with Crippen molar-refractivity contribution in [2.45, 2.75) is 142 Å². The Kier molecular flexibility index (Phi) is 16.4. The molecule has 1 saturated heterocycles. The summed E-state index contributed by atoms with van der Waals surface area (Å²) in [7, 11) is 0. The van der Waals surface area contributed by atoms with E-state index in [1.54, 1.807) is 61.9 Å². The number of β-amino-alcohol motifs (C(OH)–C–C–N with tert-alkyl or cyclic N) is 1. The van der Waals surface area contributed by atoms with E-state index < -0.39 is 88.9 Å². The highest BCUT2D eigenvalue weighted by Crippen LogP contribution is 2.39. The number of alkyl carbamates (subject to hydrolysis) is 1. The lowest BCUT2D eigenvalue weighted by Gasteiger charge is -2.35. The summed E-state index contributed by atoms with van der Waals surface area (Å²) in [5.74, 6) is -2.49. The number of rotatable bonds is 17. The van der Waals surface area contributed by atoms with E-state index in [-0.39, 0.29) is 51.8 Å². The van der Waals surface area contributed by atoms with Crippen LogP contribution in [0.4, 0.5) is 10.5 Å². The number of ether oxygens (including phenoxy) is 2. The van der Waals surface area contributed by atoms with Gasteiger partial charge in [-0.25, -0.2) is 9.78 Å². The lowest BCUT2D eigenvalue weighted by atomic mass is 9.85. The van der Waals surface area contributed by atoms with Crippen molar-refractivity contribution < 1.29 is 48.1 Å². The second-order valence-corrected chi connectivity index (χ2v) is 21.7. The van der Waals surface area contributed by atoms with Gasteiger partial charge < -0.3 is 46.5 Å². The van der Waals surface area contributed by atoms with Crippen LogP contribution in [0, 0.1) is 12.3 Å². The van der Waals surface area contributed by atoms with Crippen LogP contribution >= 0.6 is 11.3 Å². The summed E-state index contributed by atoms with van der Waals surface area (Å²) < 4.78 is 11.6. The third-order valence-corrected chi connectivity index (χ3v) is 13.9. The number of carbonyl (C=O) groups is 7. The molecule has 4 aromatic rings. The smallest absolute Gasteiger partial charge is 0.408 e. The van der Waals surface area contributed by atoms with Crippen molar-refractivity contribution in [3.63, 3.8) is 0 Å². The fourth-order valence-corrected chi connectivity index (χ4v) is 10.2. The zero-order valence-electron chi connectivity index (χ0n) is 41.9. The number of nitrogens with two attached hydrogens (primary N) is 1. The number of aliphatic hydroxyl groups is 1. The number of aliphatic hydroxyl groups excluding tert-OH is 1. The molecule has 4 heterocycles. The Morgan fingerprint density at radius 1 is 0.917 bits per heavy atom. The molecule has 7 N–H and O–H groups in total. The van der Waals surface area contributed by atoms with Crippen molar-refractivity contribution in [1.29, 1.82) is 0 Å². The largest absolute Gasteiger partial charge is 0.491 e. The Morgan fingerprint density at radius 2 is 1.64 bits per heavy atom. The molecule has 1 fully saturated rings. The molecule has 7 rings (SSSR count).